The summed E-state index contributed by atoms with van der Waals surface area (Å²) in [4.78, 5) is 0. The Bertz CT molecular complexity index is 1820. The average molecular weight is 1700 g/mol. The van der Waals surface area contributed by atoms with Crippen LogP contribution in [0, 0.1) is 0 Å². The standard InChI is InChI=1S/C6H4F10O2.C5H4F8O.C4H4F6O.C3H4F4O.4C2H5F.4CH3F.8CH4.4FHO3S/c7-1-3(9,10)18-4(11,5(12,13)14)6(15,16)17-2-8;6-1-3(8,9)4(10,11)5(12,13)14-2-7;5-1-3(7,8)11-4(9,10)2-6;4-1-3(6,7)8-2-5;4*1-2-3;4*1-2;;;;;;;;;4*1-5(2,3)4/h1-2H2;1-2H2;1-2H2;1-2H2;4*2H2,1H3;4*1H3;8*1H4;4*(H,2,3,4). The molecule has 0 aliphatic carbocycles. The second-order valence-electron chi connectivity index (χ2n) is 10.2. The van der Waals surface area contributed by atoms with Crippen LogP contribution in [0.1, 0.15) is 92.8 Å². The van der Waals surface area contributed by atoms with E-state index in [9.17, 15) is 174 Å². The van der Waals surface area contributed by atoms with Gasteiger partial charge in [-0.3, -0.25) is 58.8 Å². The Morgan fingerprint density at radius 2 is 0.444 bits per heavy atom. The molecule has 0 aromatic carbocycles. The molecule has 0 amide bonds. The summed E-state index contributed by atoms with van der Waals surface area (Å²) in [6.07, 6.45) is -37.4. The minimum atomic E-state index is -6.73. The summed E-state index contributed by atoms with van der Waals surface area (Å²) in [7, 11) is -19.7. The summed E-state index contributed by atoms with van der Waals surface area (Å²) < 4.78 is 562. The molecule has 0 aromatic rings. The van der Waals surface area contributed by atoms with Gasteiger partial charge in [0.25, 0.3) is 42.0 Å². The van der Waals surface area contributed by atoms with E-state index in [1.54, 1.807) is 0 Å². The predicted octanol–water partition coefficient (Wildman–Crippen LogP) is 19.2. The van der Waals surface area contributed by atoms with Gasteiger partial charge in [0.1, 0.15) is 0 Å². The minimum Gasteiger partial charge on any atom is -0.722 e. The maximum Gasteiger partial charge on any atom is 1.00 e. The molecule has 17 nitrogen and oxygen atoms in total. The van der Waals surface area contributed by atoms with Crippen molar-refractivity contribution in [2.24, 2.45) is 0 Å². The lowest BCUT2D eigenvalue weighted by atomic mass is 10.2. The fourth-order valence-electron chi connectivity index (χ4n) is 1.52. The van der Waals surface area contributed by atoms with Gasteiger partial charge in [0, 0.05) is 0 Å². The summed E-state index contributed by atoms with van der Waals surface area (Å²) in [6.45, 7) is -14.7. The smallest absolute Gasteiger partial charge is 0.722 e. The highest BCUT2D eigenvalue weighted by Crippen LogP contribution is 2.50. The number of alkyl halides is 36. The van der Waals surface area contributed by atoms with Crippen LogP contribution in [0.2, 0.25) is 0 Å². The highest BCUT2D eigenvalue weighted by molar-refractivity contribution is 7.81. The Hall–Kier alpha value is -3.36. The molecular weight excluding hydrogens is 1620 g/mol. The molecule has 0 aromatic heterocycles. The number of halogens is 40. The summed E-state index contributed by atoms with van der Waals surface area (Å²) in [5, 5.41) is 0. The van der Waals surface area contributed by atoms with Gasteiger partial charge in [0.2, 0.25) is 0 Å². The lowest BCUT2D eigenvalue weighted by molar-refractivity contribution is -0.503. The van der Waals surface area contributed by atoms with Crippen LogP contribution in [0.5, 0.6) is 0 Å². The van der Waals surface area contributed by atoms with Gasteiger partial charge in [-0.1, -0.05) is 59.4 Å². The molecular formula is C38H84F40O17S4. The minimum absolute atomic E-state index is 0. The van der Waals surface area contributed by atoms with Gasteiger partial charge < -0.3 is 18.2 Å². The molecule has 1 unspecified atom stereocenters. The zero-order valence-corrected chi connectivity index (χ0v) is 48.4. The first-order chi connectivity index (χ1) is 40.1. The van der Waals surface area contributed by atoms with Crippen LogP contribution in [-0.4, -0.2) is 222 Å². The second kappa shape index (κ2) is 87.0. The van der Waals surface area contributed by atoms with Crippen LogP contribution >= 0.6 is 0 Å². The van der Waals surface area contributed by atoms with Crippen molar-refractivity contribution in [3.05, 3.63) is 0 Å². The molecule has 0 spiro atoms. The van der Waals surface area contributed by atoms with Crippen LogP contribution in [0.4, 0.5) is 174 Å². The van der Waals surface area contributed by atoms with Crippen LogP contribution in [0.25, 0.3) is 0 Å². The molecule has 0 radical (unpaired) electrons. The van der Waals surface area contributed by atoms with Crippen LogP contribution in [0.3, 0.4) is 0 Å². The molecule has 0 aliphatic heterocycles. The van der Waals surface area contributed by atoms with Gasteiger partial charge in [-0.05, 0) is 27.7 Å². The highest BCUT2D eigenvalue weighted by Gasteiger charge is 2.77. The van der Waals surface area contributed by atoms with E-state index in [1.165, 1.54) is 27.7 Å². The highest BCUT2D eigenvalue weighted by atomic mass is 32.3. The van der Waals surface area contributed by atoms with Gasteiger partial charge in [0.15, 0.2) is 54.0 Å². The third kappa shape index (κ3) is 158. The quantitative estimate of drug-likeness (QED) is 0.0700. The Kier molecular flexibility index (Phi) is 147. The molecule has 642 valence electrons. The molecule has 0 saturated heterocycles. The first-order valence-electron chi connectivity index (χ1n) is 19.0. The third-order valence-corrected chi connectivity index (χ3v) is 3.68. The fraction of sp³-hybridized carbons (Fsp3) is 1.00. The van der Waals surface area contributed by atoms with Gasteiger partial charge >= 0.3 is 66.2 Å². The summed E-state index contributed by atoms with van der Waals surface area (Å²) in [5.74, 6) is -18.1. The lowest BCUT2D eigenvalue weighted by Crippen LogP contribution is -2.61. The van der Waals surface area contributed by atoms with E-state index in [-0.39, 0.29) is 91.8 Å². The van der Waals surface area contributed by atoms with Crippen molar-refractivity contribution in [1.29, 1.82) is 0 Å². The monoisotopic (exact) mass is 1700 g/mol. The Labute approximate surface area is 553 Å². The SMILES string of the molecule is C.C.C.C.C.C.C.C.CCF.CCF.CCF.CCF.CF.CF.CF.CF.FCC(F)(F)OC(F)(F)CF.FCOC(F)(F)C(F)(F)C(F)(F)CF.FCOC(F)(F)C(F)(OC(F)(F)CF)C(F)(F)F.FCOC(F)(F)CF.O=S(=O)([O-])F.O=S(=O)([O-])F.O=S(=O)([O-])F.O=S(=O)([O-])F.[H+].[H+].[H+].[H+]. The summed E-state index contributed by atoms with van der Waals surface area (Å²) >= 11 is 0. The molecule has 0 saturated carbocycles. The van der Waals surface area contributed by atoms with Gasteiger partial charge in [-0.2, -0.15) is 87.8 Å². The molecule has 0 fully saturated rings. The predicted molar refractivity (Wildman–Crippen MR) is 279 cm³/mol. The van der Waals surface area contributed by atoms with E-state index >= 15 is 0 Å². The maximum absolute atomic E-state index is 12.9. The van der Waals surface area contributed by atoms with E-state index in [2.05, 4.69) is 23.7 Å². The van der Waals surface area contributed by atoms with E-state index < -0.39 is 156 Å². The van der Waals surface area contributed by atoms with Crippen LogP contribution < -0.4 is 0 Å². The first kappa shape index (κ1) is 167. The number of rotatable bonds is 18. The normalized spacial score (nSPS) is 11.1. The van der Waals surface area contributed by atoms with Crippen molar-refractivity contribution in [2.45, 2.75) is 148 Å². The largest absolute Gasteiger partial charge is 1.00 e. The van der Waals surface area contributed by atoms with E-state index in [0.717, 1.165) is 0 Å². The zero-order chi connectivity index (χ0) is 79.0. The molecule has 1 atom stereocenters. The molecule has 0 rings (SSSR count). The maximum atomic E-state index is 12.9. The lowest BCUT2D eigenvalue weighted by Gasteiger charge is -2.34. The van der Waals surface area contributed by atoms with E-state index in [0.29, 0.717) is 28.7 Å². The van der Waals surface area contributed by atoms with Crippen molar-refractivity contribution in [2.75, 3.05) is 109 Å². The van der Waals surface area contributed by atoms with Crippen molar-refractivity contribution < 1.29 is 255 Å². The first-order valence-corrected chi connectivity index (χ1v) is 24.2. The summed E-state index contributed by atoms with van der Waals surface area (Å²) in [5.41, 5.74) is 0. The van der Waals surface area contributed by atoms with E-state index in [1.807, 2.05) is 0 Å². The number of ether oxygens (including phenoxy) is 5. The molecule has 0 aliphatic rings. The van der Waals surface area contributed by atoms with Crippen LogP contribution in [-0.2, 0) is 65.7 Å². The molecule has 0 heterocycles. The molecule has 99 heavy (non-hydrogen) atoms. The Morgan fingerprint density at radius 3 is 0.566 bits per heavy atom. The third-order valence-electron chi connectivity index (χ3n) is 3.68. The second-order valence-corrected chi connectivity index (χ2v) is 13.4. The van der Waals surface area contributed by atoms with Crippen molar-refractivity contribution in [1.82, 2.24) is 0 Å². The van der Waals surface area contributed by atoms with Crippen LogP contribution in [0.15, 0.2) is 0 Å². The number of hydrogen-bond acceptors (Lipinski definition) is 17. The van der Waals surface area contributed by atoms with Gasteiger partial charge in [-0.25, -0.2) is 68.8 Å². The average Bonchev–Trinajstić information content (AvgIpc) is 3.35. The Balaban J connectivity index is -0.0000000234. The fourth-order valence-corrected chi connectivity index (χ4v) is 1.52. The Morgan fingerprint density at radius 1 is 0.293 bits per heavy atom. The summed E-state index contributed by atoms with van der Waals surface area (Å²) in [6, 6.07) is 0. The zero-order valence-electron chi connectivity index (χ0n) is 49.2. The van der Waals surface area contributed by atoms with Gasteiger partial charge in [-0.15, -0.1) is 15.5 Å². The molecule has 61 heteroatoms. The molecule has 0 N–H and O–H groups in total. The topological polar surface area (TPSA) is 275 Å². The van der Waals surface area contributed by atoms with Crippen molar-refractivity contribution in [3.63, 3.8) is 0 Å². The van der Waals surface area contributed by atoms with E-state index in [4.69, 9.17) is 51.9 Å². The van der Waals surface area contributed by atoms with Crippen molar-refractivity contribution in [3.8, 4) is 0 Å². The van der Waals surface area contributed by atoms with Crippen molar-refractivity contribution >= 4 is 42.0 Å². The number of hydrogen-bond donors (Lipinski definition) is 0. The molecule has 0 bridgehead atoms. The van der Waals surface area contributed by atoms with Gasteiger partial charge in [0.05, 0.1) is 55.4 Å².